The number of ether oxygens (including phenoxy) is 2. The molecule has 1 fully saturated rings. The van der Waals surface area contributed by atoms with E-state index in [1.54, 1.807) is 12.1 Å². The number of carbonyl (C=O) groups is 2. The molecule has 2 heterocycles. The molecule has 216 valence electrons. The molecule has 0 saturated carbocycles. The Bertz CT molecular complexity index is 1420. The van der Waals surface area contributed by atoms with Gasteiger partial charge in [-0.3, -0.25) is 19.5 Å². The van der Waals surface area contributed by atoms with Gasteiger partial charge >= 0.3 is 6.18 Å². The van der Waals surface area contributed by atoms with E-state index in [0.29, 0.717) is 25.4 Å². The molecule has 0 bridgehead atoms. The van der Waals surface area contributed by atoms with Crippen LogP contribution in [0.25, 0.3) is 6.08 Å². The van der Waals surface area contributed by atoms with Gasteiger partial charge in [0.25, 0.3) is 11.8 Å². The number of carbonyl (C=O) groups excluding carboxylic acids is 2. The Balaban J connectivity index is 1.65. The van der Waals surface area contributed by atoms with Gasteiger partial charge in [0, 0.05) is 42.1 Å². The van der Waals surface area contributed by atoms with E-state index in [-0.39, 0.29) is 33.7 Å². The first-order chi connectivity index (χ1) is 19.6. The van der Waals surface area contributed by atoms with Gasteiger partial charge < -0.3 is 20.1 Å². The molecule has 0 aliphatic carbocycles. The molecule has 0 atom stereocenters. The van der Waals surface area contributed by atoms with Crippen LogP contribution in [0.3, 0.4) is 0 Å². The summed E-state index contributed by atoms with van der Waals surface area (Å²) < 4.78 is 51.0. The largest absolute Gasteiger partial charge is 0.490 e. The first kappa shape index (κ1) is 30.3. The fraction of sp³-hybridized carbons (Fsp3) is 0.250. The molecule has 0 unspecified atom stereocenters. The second-order valence-electron chi connectivity index (χ2n) is 8.89. The van der Waals surface area contributed by atoms with Crippen LogP contribution in [0.5, 0.6) is 5.75 Å². The molecular formula is C28H25Cl2F3N4O4. The third kappa shape index (κ3) is 8.67. The lowest BCUT2D eigenvalue weighted by Crippen LogP contribution is -2.38. The predicted octanol–water partition coefficient (Wildman–Crippen LogP) is 5.78. The number of alkyl halides is 3. The van der Waals surface area contributed by atoms with Gasteiger partial charge in [-0.2, -0.15) is 13.2 Å². The summed E-state index contributed by atoms with van der Waals surface area (Å²) in [4.78, 5) is 32.7. The summed E-state index contributed by atoms with van der Waals surface area (Å²) in [5.41, 5.74) is -1.04. The van der Waals surface area contributed by atoms with E-state index >= 15 is 0 Å². The molecule has 1 aromatic heterocycles. The minimum absolute atomic E-state index is 0.149. The van der Waals surface area contributed by atoms with E-state index in [0.717, 1.165) is 31.3 Å². The third-order valence-electron chi connectivity index (χ3n) is 5.95. The van der Waals surface area contributed by atoms with E-state index in [1.807, 2.05) is 0 Å². The molecule has 2 N–H and O–H groups in total. The Hall–Kier alpha value is -3.64. The highest BCUT2D eigenvalue weighted by Crippen LogP contribution is 2.35. The number of nitrogens with zero attached hydrogens (tertiary/aromatic N) is 2. The quantitative estimate of drug-likeness (QED) is 0.182. The van der Waals surface area contributed by atoms with Gasteiger partial charge in [0.2, 0.25) is 0 Å². The number of halogens is 5. The van der Waals surface area contributed by atoms with Crippen LogP contribution in [0.15, 0.2) is 66.5 Å². The smallest absolute Gasteiger partial charge is 0.416 e. The normalized spacial score (nSPS) is 14.4. The molecule has 13 heteroatoms. The molecule has 3 aromatic rings. The van der Waals surface area contributed by atoms with E-state index in [4.69, 9.17) is 32.7 Å². The van der Waals surface area contributed by atoms with Crippen LogP contribution in [0.4, 0.5) is 24.5 Å². The van der Waals surface area contributed by atoms with Crippen molar-refractivity contribution < 1.29 is 32.2 Å². The summed E-state index contributed by atoms with van der Waals surface area (Å²) in [6.45, 7) is 3.56. The molecule has 41 heavy (non-hydrogen) atoms. The van der Waals surface area contributed by atoms with Crippen LogP contribution in [0.1, 0.15) is 11.1 Å². The van der Waals surface area contributed by atoms with Crippen molar-refractivity contribution in [3.63, 3.8) is 0 Å². The van der Waals surface area contributed by atoms with E-state index in [9.17, 15) is 22.8 Å². The zero-order valence-electron chi connectivity index (χ0n) is 21.5. The van der Waals surface area contributed by atoms with Crippen LogP contribution < -0.4 is 15.4 Å². The molecule has 4 rings (SSSR count). The Kier molecular flexibility index (Phi) is 10.2. The number of morpholine rings is 1. The van der Waals surface area contributed by atoms with Crippen molar-refractivity contribution in [2.45, 2.75) is 6.18 Å². The summed E-state index contributed by atoms with van der Waals surface area (Å²) in [5.74, 6) is -1.64. The zero-order chi connectivity index (χ0) is 29.4. The number of benzene rings is 2. The van der Waals surface area contributed by atoms with Crippen molar-refractivity contribution in [1.29, 1.82) is 0 Å². The highest BCUT2D eigenvalue weighted by Gasteiger charge is 2.31. The second-order valence-corrected chi connectivity index (χ2v) is 9.74. The number of anilines is 2. The average molecular weight is 609 g/mol. The van der Waals surface area contributed by atoms with Crippen molar-refractivity contribution in [3.05, 3.63) is 87.7 Å². The average Bonchev–Trinajstić information content (AvgIpc) is 2.93. The number of amides is 2. The van der Waals surface area contributed by atoms with Crippen LogP contribution >= 0.6 is 23.2 Å². The molecule has 0 radical (unpaired) electrons. The van der Waals surface area contributed by atoms with Crippen LogP contribution in [-0.4, -0.2) is 61.2 Å². The fourth-order valence-corrected chi connectivity index (χ4v) is 4.50. The highest BCUT2D eigenvalue weighted by molar-refractivity contribution is 6.36. The number of nitrogens with one attached hydrogen (secondary N) is 2. The second kappa shape index (κ2) is 13.8. The molecule has 2 amide bonds. The number of rotatable bonds is 9. The maximum absolute atomic E-state index is 13.3. The van der Waals surface area contributed by atoms with Crippen LogP contribution in [0, 0.1) is 0 Å². The summed E-state index contributed by atoms with van der Waals surface area (Å²) in [7, 11) is 0. The molecule has 1 aliphatic heterocycles. The van der Waals surface area contributed by atoms with Crippen LogP contribution in [-0.2, 0) is 20.5 Å². The van der Waals surface area contributed by atoms with Crippen molar-refractivity contribution >= 4 is 52.5 Å². The number of hydrogen-bond donors (Lipinski definition) is 2. The van der Waals surface area contributed by atoms with Gasteiger partial charge in [0.1, 0.15) is 17.9 Å². The standard InChI is InChI=1S/C28H25Cl2F3N4O4/c29-20-13-18(25(24(30)16-20)41-12-9-37-7-10-40-11-8-37)14-23(27(39)36-22-5-2-6-34-17-22)26(38)35-21-4-1-3-19(15-21)28(31,32)33/h1-6,13-17H,7-12H2,(H,35,38)(H,36,39)/b23-14-. The lowest BCUT2D eigenvalue weighted by atomic mass is 10.1. The maximum atomic E-state index is 13.3. The number of aromatic nitrogens is 1. The van der Waals surface area contributed by atoms with E-state index in [2.05, 4.69) is 20.5 Å². The Morgan fingerprint density at radius 2 is 1.73 bits per heavy atom. The third-order valence-corrected chi connectivity index (χ3v) is 6.45. The van der Waals surface area contributed by atoms with Crippen molar-refractivity contribution in [2.24, 2.45) is 0 Å². The van der Waals surface area contributed by atoms with Crippen LogP contribution in [0.2, 0.25) is 10.0 Å². The van der Waals surface area contributed by atoms with Gasteiger partial charge in [-0.05, 0) is 48.5 Å². The number of hydrogen-bond acceptors (Lipinski definition) is 6. The fourth-order valence-electron chi connectivity index (χ4n) is 3.94. The van der Waals surface area contributed by atoms with E-state index in [1.165, 1.54) is 36.7 Å². The minimum Gasteiger partial charge on any atom is -0.490 e. The van der Waals surface area contributed by atoms with E-state index < -0.39 is 29.1 Å². The lowest BCUT2D eigenvalue weighted by Gasteiger charge is -2.26. The number of pyridine rings is 1. The molecule has 1 saturated heterocycles. The minimum atomic E-state index is -4.62. The molecule has 8 nitrogen and oxygen atoms in total. The first-order valence-corrected chi connectivity index (χ1v) is 13.2. The summed E-state index contributed by atoms with van der Waals surface area (Å²) in [6.07, 6.45) is -0.531. The lowest BCUT2D eigenvalue weighted by molar-refractivity contribution is -0.137. The van der Waals surface area contributed by atoms with Gasteiger partial charge in [0.15, 0.2) is 0 Å². The first-order valence-electron chi connectivity index (χ1n) is 12.4. The zero-order valence-corrected chi connectivity index (χ0v) is 23.0. The summed E-state index contributed by atoms with van der Waals surface area (Å²) in [5, 5.41) is 5.29. The SMILES string of the molecule is O=C(Nc1cccnc1)/C(=C\c1cc(Cl)cc(Cl)c1OCCN1CCOCC1)C(=O)Nc1cccc(C(F)(F)F)c1. The van der Waals surface area contributed by atoms with Gasteiger partial charge in [-0.25, -0.2) is 0 Å². The Morgan fingerprint density at radius 3 is 2.41 bits per heavy atom. The topological polar surface area (TPSA) is 92.8 Å². The monoisotopic (exact) mass is 608 g/mol. The van der Waals surface area contributed by atoms with Gasteiger partial charge in [-0.15, -0.1) is 0 Å². The molecule has 2 aromatic carbocycles. The van der Waals surface area contributed by atoms with Gasteiger partial charge in [0.05, 0.1) is 35.7 Å². The molecular weight excluding hydrogens is 584 g/mol. The molecule has 1 aliphatic rings. The van der Waals surface area contributed by atoms with Crippen molar-refractivity contribution in [1.82, 2.24) is 9.88 Å². The highest BCUT2D eigenvalue weighted by atomic mass is 35.5. The van der Waals surface area contributed by atoms with Gasteiger partial charge in [-0.1, -0.05) is 29.3 Å². The van der Waals surface area contributed by atoms with Crippen molar-refractivity contribution in [3.8, 4) is 5.75 Å². The predicted molar refractivity (Wildman–Crippen MR) is 150 cm³/mol. The molecule has 0 spiro atoms. The Morgan fingerprint density at radius 1 is 1.02 bits per heavy atom. The maximum Gasteiger partial charge on any atom is 0.416 e. The Labute approximate surface area is 244 Å². The summed E-state index contributed by atoms with van der Waals surface area (Å²) in [6, 6.07) is 10.1. The summed E-state index contributed by atoms with van der Waals surface area (Å²) >= 11 is 12.7. The van der Waals surface area contributed by atoms with Crippen molar-refractivity contribution in [2.75, 3.05) is 50.1 Å².